The van der Waals surface area contributed by atoms with E-state index < -0.39 is 5.60 Å². The molecule has 3 saturated carbocycles. The van der Waals surface area contributed by atoms with Crippen molar-refractivity contribution in [3.05, 3.63) is 23.8 Å². The summed E-state index contributed by atoms with van der Waals surface area (Å²) in [6, 6.07) is 0. The topological polar surface area (TPSA) is 60.4 Å². The van der Waals surface area contributed by atoms with E-state index in [9.17, 15) is 14.4 Å². The summed E-state index contributed by atoms with van der Waals surface area (Å²) in [7, 11) is 0. The van der Waals surface area contributed by atoms with E-state index in [0.717, 1.165) is 32.1 Å². The van der Waals surface area contributed by atoms with Gasteiger partial charge in [-0.2, -0.15) is 0 Å². The van der Waals surface area contributed by atoms with Crippen LogP contribution in [0.2, 0.25) is 0 Å². The van der Waals surface area contributed by atoms with E-state index in [1.165, 1.54) is 12.5 Å². The second-order valence-electron chi connectivity index (χ2n) is 9.58. The van der Waals surface area contributed by atoms with E-state index >= 15 is 0 Å². The van der Waals surface area contributed by atoms with E-state index in [2.05, 4.69) is 19.9 Å². The van der Waals surface area contributed by atoms with Crippen LogP contribution in [0.4, 0.5) is 0 Å². The van der Waals surface area contributed by atoms with E-state index in [0.29, 0.717) is 24.2 Å². The van der Waals surface area contributed by atoms with Gasteiger partial charge >= 0.3 is 5.97 Å². The standard InChI is InChI=1S/C23H30O4/c1-14(24)23(27-15(2)25)12-9-20-18-6-5-16-13-17(26)7-10-21(16,3)19(18)8-11-22(20,23)4/h7,10,13,18-20H,5-6,8-9,11-12H2,1-4H3/t18-,19+,20+,21+,22+,23+/m1/s1. The fraction of sp³-hybridized carbons (Fsp3) is 0.696. The zero-order chi connectivity index (χ0) is 19.6. The maximum Gasteiger partial charge on any atom is 0.303 e. The van der Waals surface area contributed by atoms with E-state index in [4.69, 9.17) is 4.74 Å². The molecule has 0 N–H and O–H groups in total. The maximum atomic E-state index is 12.7. The molecule has 0 aromatic carbocycles. The van der Waals surface area contributed by atoms with E-state index in [-0.39, 0.29) is 28.4 Å². The molecule has 0 heterocycles. The second-order valence-corrected chi connectivity index (χ2v) is 9.58. The fourth-order valence-corrected chi connectivity index (χ4v) is 7.26. The van der Waals surface area contributed by atoms with Gasteiger partial charge in [-0.25, -0.2) is 0 Å². The van der Waals surface area contributed by atoms with Gasteiger partial charge < -0.3 is 4.74 Å². The van der Waals surface area contributed by atoms with Gasteiger partial charge in [0.2, 0.25) is 0 Å². The van der Waals surface area contributed by atoms with Crippen LogP contribution in [0.15, 0.2) is 23.8 Å². The summed E-state index contributed by atoms with van der Waals surface area (Å²) in [4.78, 5) is 36.4. The van der Waals surface area contributed by atoms with Gasteiger partial charge in [-0.15, -0.1) is 0 Å². The van der Waals surface area contributed by atoms with Crippen molar-refractivity contribution in [1.29, 1.82) is 0 Å². The van der Waals surface area contributed by atoms with Crippen LogP contribution in [0.5, 0.6) is 0 Å². The Hall–Kier alpha value is -1.71. The third-order valence-corrected chi connectivity index (χ3v) is 8.56. The molecule has 4 aliphatic rings. The molecule has 4 aliphatic carbocycles. The Morgan fingerprint density at radius 3 is 2.44 bits per heavy atom. The quantitative estimate of drug-likeness (QED) is 0.684. The molecule has 0 unspecified atom stereocenters. The third kappa shape index (κ3) is 2.37. The summed E-state index contributed by atoms with van der Waals surface area (Å²) in [5, 5.41) is 0. The highest BCUT2D eigenvalue weighted by Crippen LogP contribution is 2.67. The first kappa shape index (κ1) is 18.6. The molecule has 0 aromatic rings. The van der Waals surface area contributed by atoms with Gasteiger partial charge in [0, 0.05) is 17.8 Å². The minimum Gasteiger partial charge on any atom is -0.451 e. The van der Waals surface area contributed by atoms with Gasteiger partial charge in [-0.1, -0.05) is 25.5 Å². The zero-order valence-electron chi connectivity index (χ0n) is 16.8. The molecule has 4 rings (SSSR count). The molecule has 6 atom stereocenters. The van der Waals surface area contributed by atoms with Crippen molar-refractivity contribution in [1.82, 2.24) is 0 Å². The Morgan fingerprint density at radius 2 is 1.78 bits per heavy atom. The number of esters is 1. The van der Waals surface area contributed by atoms with Gasteiger partial charge in [0.25, 0.3) is 0 Å². The van der Waals surface area contributed by atoms with Crippen molar-refractivity contribution in [2.75, 3.05) is 0 Å². The Morgan fingerprint density at radius 1 is 1.07 bits per heavy atom. The number of Topliss-reactive ketones (excluding diaryl/α,β-unsaturated/α-hetero) is 1. The number of hydrogen-bond acceptors (Lipinski definition) is 4. The first-order valence-electron chi connectivity index (χ1n) is 10.3. The van der Waals surface area contributed by atoms with Crippen LogP contribution in [0.25, 0.3) is 0 Å². The molecule has 0 spiro atoms. The smallest absolute Gasteiger partial charge is 0.303 e. The molecule has 0 aromatic heterocycles. The lowest BCUT2D eigenvalue weighted by Crippen LogP contribution is -2.58. The van der Waals surface area contributed by atoms with Crippen LogP contribution < -0.4 is 0 Å². The van der Waals surface area contributed by atoms with Crippen LogP contribution in [0.1, 0.15) is 66.2 Å². The van der Waals surface area contributed by atoms with Gasteiger partial charge in [-0.05, 0) is 75.4 Å². The molecule has 0 aliphatic heterocycles. The highest BCUT2D eigenvalue weighted by Gasteiger charge is 2.67. The number of ether oxygens (including phenoxy) is 1. The van der Waals surface area contributed by atoms with Crippen molar-refractivity contribution < 1.29 is 19.1 Å². The van der Waals surface area contributed by atoms with Crippen LogP contribution in [-0.4, -0.2) is 23.1 Å². The highest BCUT2D eigenvalue weighted by molar-refractivity contribution is 6.01. The number of carbonyl (C=O) groups is 3. The Balaban J connectivity index is 1.71. The highest BCUT2D eigenvalue weighted by atomic mass is 16.6. The Bertz CT molecular complexity index is 777. The van der Waals surface area contributed by atoms with Crippen LogP contribution in [0, 0.1) is 28.6 Å². The summed E-state index contributed by atoms with van der Waals surface area (Å²) < 4.78 is 5.80. The van der Waals surface area contributed by atoms with E-state index in [1.54, 1.807) is 13.0 Å². The number of ketones is 2. The molecule has 0 radical (unpaired) electrons. The molecule has 4 heteroatoms. The van der Waals surface area contributed by atoms with Gasteiger partial charge in [0.1, 0.15) is 0 Å². The molecular formula is C23H30O4. The Kier molecular flexibility index (Phi) is 4.07. The van der Waals surface area contributed by atoms with E-state index in [1.807, 2.05) is 6.08 Å². The molecule has 27 heavy (non-hydrogen) atoms. The lowest BCUT2D eigenvalue weighted by molar-refractivity contribution is -0.186. The third-order valence-electron chi connectivity index (χ3n) is 8.56. The van der Waals surface area contributed by atoms with Gasteiger partial charge in [0.05, 0.1) is 0 Å². The molecule has 4 nitrogen and oxygen atoms in total. The largest absolute Gasteiger partial charge is 0.451 e. The van der Waals surface area contributed by atoms with Crippen molar-refractivity contribution in [2.24, 2.45) is 28.6 Å². The predicted molar refractivity (Wildman–Crippen MR) is 102 cm³/mol. The number of hydrogen-bond donors (Lipinski definition) is 0. The van der Waals surface area contributed by atoms with Crippen molar-refractivity contribution >= 4 is 17.5 Å². The van der Waals surface area contributed by atoms with Crippen LogP contribution in [0.3, 0.4) is 0 Å². The average molecular weight is 370 g/mol. The summed E-state index contributed by atoms with van der Waals surface area (Å²) >= 11 is 0. The molecule has 146 valence electrons. The minimum atomic E-state index is -0.968. The second kappa shape index (κ2) is 5.89. The SMILES string of the molecule is CC(=O)O[C@]1(C(C)=O)CC[C@H]2[C@@H]3CCC4=CC(=O)C=C[C@]4(C)[C@H]3CC[C@@]21C. The molecule has 0 bridgehead atoms. The molecule has 0 amide bonds. The summed E-state index contributed by atoms with van der Waals surface area (Å²) in [6.45, 7) is 7.45. The average Bonchev–Trinajstić information content (AvgIpc) is 2.89. The molecule has 3 fully saturated rings. The van der Waals surface area contributed by atoms with Gasteiger partial charge in [-0.3, -0.25) is 14.4 Å². The van der Waals surface area contributed by atoms with Crippen molar-refractivity contribution in [3.8, 4) is 0 Å². The molecule has 0 saturated heterocycles. The normalized spacial score (nSPS) is 45.4. The van der Waals surface area contributed by atoms with Crippen LogP contribution >= 0.6 is 0 Å². The first-order chi connectivity index (χ1) is 12.6. The monoisotopic (exact) mass is 370 g/mol. The number of fused-ring (bicyclic) bond motifs is 5. The lowest BCUT2D eigenvalue weighted by atomic mass is 9.47. The summed E-state index contributed by atoms with van der Waals surface area (Å²) in [6.07, 6.45) is 11.2. The van der Waals surface area contributed by atoms with Crippen molar-refractivity contribution in [3.63, 3.8) is 0 Å². The first-order valence-corrected chi connectivity index (χ1v) is 10.3. The maximum absolute atomic E-state index is 12.7. The number of carbonyl (C=O) groups excluding carboxylic acids is 3. The summed E-state index contributed by atoms with van der Waals surface area (Å²) in [5.74, 6) is 1.10. The van der Waals surface area contributed by atoms with Gasteiger partial charge in [0.15, 0.2) is 17.2 Å². The Labute approximate surface area is 161 Å². The number of rotatable bonds is 2. The minimum absolute atomic E-state index is 0.00749. The lowest BCUT2D eigenvalue weighted by Gasteiger charge is -2.58. The zero-order valence-corrected chi connectivity index (χ0v) is 16.8. The number of allylic oxidation sites excluding steroid dienone is 4. The van der Waals surface area contributed by atoms with Crippen LogP contribution in [-0.2, 0) is 19.1 Å². The fourth-order valence-electron chi connectivity index (χ4n) is 7.26. The van der Waals surface area contributed by atoms with Crippen molar-refractivity contribution in [2.45, 2.75) is 71.8 Å². The predicted octanol–water partition coefficient (Wildman–Crippen LogP) is 4.19. The summed E-state index contributed by atoms with van der Waals surface area (Å²) in [5.41, 5.74) is -0.0433. The molecular weight excluding hydrogens is 340 g/mol.